The van der Waals surface area contributed by atoms with Crippen molar-refractivity contribution in [2.24, 2.45) is 0 Å². The number of nitrogens with one attached hydrogen (secondary N) is 2. The predicted octanol–water partition coefficient (Wildman–Crippen LogP) is 3.06. The first-order valence-electron chi connectivity index (χ1n) is 8.07. The van der Waals surface area contributed by atoms with Crippen molar-refractivity contribution < 1.29 is 24.2 Å². The van der Waals surface area contributed by atoms with Crippen LogP contribution in [-0.4, -0.2) is 23.0 Å². The average Bonchev–Trinajstić information content (AvgIpc) is 2.81. The van der Waals surface area contributed by atoms with E-state index in [4.69, 9.17) is 21.4 Å². The number of carbonyl (C=O) groups excluding carboxylic acids is 2. The fraction of sp³-hybridized carbons (Fsp3) is 0.167. The van der Waals surface area contributed by atoms with E-state index < -0.39 is 17.9 Å². The van der Waals surface area contributed by atoms with Crippen molar-refractivity contribution in [3.8, 4) is 11.5 Å². The topological polar surface area (TPSA) is 108 Å². The molecule has 0 saturated heterocycles. The molecule has 1 heterocycles. The lowest BCUT2D eigenvalue weighted by Gasteiger charge is -2.22. The van der Waals surface area contributed by atoms with Crippen LogP contribution in [0.4, 0.5) is 10.5 Å². The molecule has 0 aliphatic carbocycles. The van der Waals surface area contributed by atoms with Crippen molar-refractivity contribution >= 4 is 35.2 Å². The molecular formula is C18H16ClN3O5. The molecule has 9 heteroatoms. The van der Waals surface area contributed by atoms with Gasteiger partial charge in [0.05, 0.1) is 18.7 Å². The van der Waals surface area contributed by atoms with Crippen molar-refractivity contribution in [2.75, 3.05) is 4.90 Å². The second kappa shape index (κ2) is 7.96. The zero-order chi connectivity index (χ0) is 19.4. The van der Waals surface area contributed by atoms with Crippen LogP contribution < -0.4 is 20.5 Å². The minimum Gasteiger partial charge on any atom is -0.481 e. The van der Waals surface area contributed by atoms with Crippen molar-refractivity contribution in [1.82, 2.24) is 10.9 Å². The molecule has 2 aromatic carbocycles. The van der Waals surface area contributed by atoms with Crippen LogP contribution in [0.1, 0.15) is 18.4 Å². The molecule has 1 aliphatic rings. The van der Waals surface area contributed by atoms with Gasteiger partial charge in [0.1, 0.15) is 5.75 Å². The van der Waals surface area contributed by atoms with Gasteiger partial charge in [-0.15, -0.1) is 0 Å². The van der Waals surface area contributed by atoms with Gasteiger partial charge in [-0.2, -0.15) is 0 Å². The first-order chi connectivity index (χ1) is 12.9. The zero-order valence-electron chi connectivity index (χ0n) is 14.1. The number of ether oxygens (including phenoxy) is 1. The fourth-order valence-electron chi connectivity index (χ4n) is 2.55. The maximum absolute atomic E-state index is 12.7. The summed E-state index contributed by atoms with van der Waals surface area (Å²) < 4.78 is 5.90. The van der Waals surface area contributed by atoms with Gasteiger partial charge in [-0.1, -0.05) is 29.8 Å². The number of para-hydroxylation sites is 1. The number of amides is 3. The van der Waals surface area contributed by atoms with E-state index in [1.807, 2.05) is 18.2 Å². The molecule has 0 fully saturated rings. The number of rotatable bonds is 3. The summed E-state index contributed by atoms with van der Waals surface area (Å²) in [4.78, 5) is 36.2. The van der Waals surface area contributed by atoms with Crippen LogP contribution in [0.3, 0.4) is 0 Å². The van der Waals surface area contributed by atoms with Crippen LogP contribution in [0.2, 0.25) is 5.02 Å². The van der Waals surface area contributed by atoms with Gasteiger partial charge < -0.3 is 9.84 Å². The largest absolute Gasteiger partial charge is 0.481 e. The predicted molar refractivity (Wildman–Crippen MR) is 97.7 cm³/mol. The summed E-state index contributed by atoms with van der Waals surface area (Å²) in [7, 11) is 0. The number of hydrazine groups is 1. The molecule has 27 heavy (non-hydrogen) atoms. The molecular weight excluding hydrogens is 374 g/mol. The number of benzene rings is 2. The summed E-state index contributed by atoms with van der Waals surface area (Å²) in [5.41, 5.74) is 5.71. The summed E-state index contributed by atoms with van der Waals surface area (Å²) in [5.74, 6) is -0.650. The van der Waals surface area contributed by atoms with Gasteiger partial charge in [0.25, 0.3) is 0 Å². The molecule has 2 aromatic rings. The molecule has 0 saturated carbocycles. The zero-order valence-corrected chi connectivity index (χ0v) is 14.8. The SMILES string of the molecule is O=C(O)CCC(=O)NNC(=O)N1Cc2ccccc2Oc2ccc(Cl)cc21. The number of fused-ring (bicyclic) bond motifs is 2. The number of carboxylic acids is 1. The highest BCUT2D eigenvalue weighted by Crippen LogP contribution is 2.40. The maximum atomic E-state index is 12.7. The Balaban J connectivity index is 1.80. The number of anilines is 1. The van der Waals surface area contributed by atoms with E-state index in [0.29, 0.717) is 22.2 Å². The lowest BCUT2D eigenvalue weighted by molar-refractivity contribution is -0.138. The molecule has 3 rings (SSSR count). The highest BCUT2D eigenvalue weighted by atomic mass is 35.5. The molecule has 3 amide bonds. The molecule has 1 aliphatic heterocycles. The molecule has 0 aromatic heterocycles. The Morgan fingerprint density at radius 2 is 1.85 bits per heavy atom. The Kier molecular flexibility index (Phi) is 5.46. The van der Waals surface area contributed by atoms with E-state index in [1.165, 1.54) is 4.90 Å². The smallest absolute Gasteiger partial charge is 0.341 e. The Bertz CT molecular complexity index is 902. The fourth-order valence-corrected chi connectivity index (χ4v) is 2.72. The molecule has 8 nitrogen and oxygen atoms in total. The lowest BCUT2D eigenvalue weighted by atomic mass is 10.2. The number of carbonyl (C=O) groups is 3. The van der Waals surface area contributed by atoms with Gasteiger partial charge in [0.15, 0.2) is 5.75 Å². The second-order valence-corrected chi connectivity index (χ2v) is 6.22. The highest BCUT2D eigenvalue weighted by Gasteiger charge is 2.26. The average molecular weight is 390 g/mol. The Morgan fingerprint density at radius 1 is 1.07 bits per heavy atom. The molecule has 3 N–H and O–H groups in total. The number of carboxylic acid groups (broad SMARTS) is 1. The normalized spacial score (nSPS) is 12.1. The number of hydrogen-bond donors (Lipinski definition) is 3. The Hall–Kier alpha value is -3.26. The van der Waals surface area contributed by atoms with Gasteiger partial charge in [-0.3, -0.25) is 19.9 Å². The summed E-state index contributed by atoms with van der Waals surface area (Å²) in [6, 6.07) is 11.6. The third-order valence-corrected chi connectivity index (χ3v) is 4.09. The van der Waals surface area contributed by atoms with Crippen molar-refractivity contribution in [3.05, 3.63) is 53.1 Å². The van der Waals surface area contributed by atoms with E-state index in [2.05, 4.69) is 10.9 Å². The van der Waals surface area contributed by atoms with E-state index >= 15 is 0 Å². The van der Waals surface area contributed by atoms with Crippen LogP contribution in [0.5, 0.6) is 11.5 Å². The van der Waals surface area contributed by atoms with E-state index in [-0.39, 0.29) is 19.4 Å². The van der Waals surface area contributed by atoms with Crippen molar-refractivity contribution in [1.29, 1.82) is 0 Å². The van der Waals surface area contributed by atoms with E-state index in [1.54, 1.807) is 24.3 Å². The molecule has 0 radical (unpaired) electrons. The van der Waals surface area contributed by atoms with Crippen LogP contribution in [0, 0.1) is 0 Å². The number of nitrogens with zero attached hydrogens (tertiary/aromatic N) is 1. The standard InChI is InChI=1S/C18H16ClN3O5/c19-12-5-6-15-13(9-12)22(10-11-3-1-2-4-14(11)27-15)18(26)21-20-16(23)7-8-17(24)25/h1-6,9H,7-8,10H2,(H,20,23)(H,21,26)(H,24,25). The molecule has 0 spiro atoms. The number of halogens is 1. The third kappa shape index (κ3) is 4.48. The van der Waals surface area contributed by atoms with Gasteiger partial charge in [-0.25, -0.2) is 10.2 Å². The van der Waals surface area contributed by atoms with Gasteiger partial charge in [0.2, 0.25) is 5.91 Å². The Labute approximate surface area is 159 Å². The summed E-state index contributed by atoms with van der Waals surface area (Å²) >= 11 is 6.07. The molecule has 0 bridgehead atoms. The van der Waals surface area contributed by atoms with Crippen molar-refractivity contribution in [3.63, 3.8) is 0 Å². The molecule has 0 unspecified atom stereocenters. The van der Waals surface area contributed by atoms with Crippen LogP contribution >= 0.6 is 11.6 Å². The first kappa shape index (κ1) is 18.5. The number of urea groups is 1. The van der Waals surface area contributed by atoms with E-state index in [9.17, 15) is 14.4 Å². The van der Waals surface area contributed by atoms with Gasteiger partial charge >= 0.3 is 12.0 Å². The van der Waals surface area contributed by atoms with E-state index in [0.717, 1.165) is 5.56 Å². The van der Waals surface area contributed by atoms with Crippen LogP contribution in [0.25, 0.3) is 0 Å². The first-order valence-corrected chi connectivity index (χ1v) is 8.45. The molecule has 0 atom stereocenters. The minimum atomic E-state index is -1.10. The van der Waals surface area contributed by atoms with Crippen molar-refractivity contribution in [2.45, 2.75) is 19.4 Å². The highest BCUT2D eigenvalue weighted by molar-refractivity contribution is 6.31. The Morgan fingerprint density at radius 3 is 2.63 bits per heavy atom. The molecule has 140 valence electrons. The monoisotopic (exact) mass is 389 g/mol. The third-order valence-electron chi connectivity index (χ3n) is 3.85. The van der Waals surface area contributed by atoms with Gasteiger partial charge in [-0.05, 0) is 24.3 Å². The van der Waals surface area contributed by atoms with Crippen LogP contribution in [0.15, 0.2) is 42.5 Å². The quantitative estimate of drug-likeness (QED) is 0.699. The summed E-state index contributed by atoms with van der Waals surface area (Å²) in [6.45, 7) is 0.195. The summed E-state index contributed by atoms with van der Waals surface area (Å²) in [6.07, 6.45) is -0.574. The second-order valence-electron chi connectivity index (χ2n) is 5.78. The number of hydrogen-bond acceptors (Lipinski definition) is 4. The van der Waals surface area contributed by atoms with Crippen LogP contribution in [-0.2, 0) is 16.1 Å². The van der Waals surface area contributed by atoms with Gasteiger partial charge in [0, 0.05) is 17.0 Å². The lowest BCUT2D eigenvalue weighted by Crippen LogP contribution is -2.48. The summed E-state index contributed by atoms with van der Waals surface area (Å²) in [5, 5.41) is 9.02. The maximum Gasteiger partial charge on any atom is 0.341 e. The number of aliphatic carboxylic acids is 1. The minimum absolute atomic E-state index is 0.195.